The Morgan fingerprint density at radius 2 is 2.15 bits per heavy atom. The Hall–Kier alpha value is -0.820. The van der Waals surface area contributed by atoms with E-state index >= 15 is 0 Å². The minimum absolute atomic E-state index is 0.0657. The molecule has 5 nitrogen and oxygen atoms in total. The molecule has 2 atom stereocenters. The van der Waals surface area contributed by atoms with Gasteiger partial charge in [0.1, 0.15) is 5.75 Å². The molecule has 0 spiro atoms. The van der Waals surface area contributed by atoms with Gasteiger partial charge < -0.3 is 10.5 Å². The van der Waals surface area contributed by atoms with Crippen molar-refractivity contribution in [2.24, 2.45) is 5.73 Å². The van der Waals surface area contributed by atoms with Crippen molar-refractivity contribution in [2.75, 3.05) is 13.7 Å². The Balaban J connectivity index is 2.33. The summed E-state index contributed by atoms with van der Waals surface area (Å²) in [7, 11) is -2.05. The van der Waals surface area contributed by atoms with Crippen molar-refractivity contribution in [3.05, 3.63) is 23.2 Å². The zero-order chi connectivity index (χ0) is 14.9. The predicted octanol–water partition coefficient (Wildman–Crippen LogP) is 1.85. The lowest BCUT2D eigenvalue weighted by Gasteiger charge is -2.35. The lowest BCUT2D eigenvalue weighted by atomic mass is 10.0. The van der Waals surface area contributed by atoms with Gasteiger partial charge in [-0.3, -0.25) is 0 Å². The summed E-state index contributed by atoms with van der Waals surface area (Å²) in [6.45, 7) is 2.32. The normalized spacial score (nSPS) is 24.6. The fraction of sp³-hybridized carbons (Fsp3) is 0.538. The van der Waals surface area contributed by atoms with Crippen molar-refractivity contribution < 1.29 is 13.2 Å². The number of methoxy groups -OCH3 is 1. The Morgan fingerprint density at radius 1 is 1.45 bits per heavy atom. The third-order valence-electron chi connectivity index (χ3n) is 3.59. The van der Waals surface area contributed by atoms with Gasteiger partial charge in [0.05, 0.1) is 17.0 Å². The average molecular weight is 319 g/mol. The Bertz CT molecular complexity index is 591. The lowest BCUT2D eigenvalue weighted by molar-refractivity contribution is 0.247. The minimum atomic E-state index is -3.54. The van der Waals surface area contributed by atoms with E-state index in [-0.39, 0.29) is 22.0 Å². The summed E-state index contributed by atoms with van der Waals surface area (Å²) >= 11 is 6.01. The monoisotopic (exact) mass is 318 g/mol. The Morgan fingerprint density at radius 3 is 2.70 bits per heavy atom. The summed E-state index contributed by atoms with van der Waals surface area (Å²) in [5, 5.41) is 0.287. The number of sulfonamides is 1. The molecular formula is C13H19ClN2O3S. The van der Waals surface area contributed by atoms with E-state index in [1.807, 2.05) is 6.92 Å². The van der Waals surface area contributed by atoms with Crippen molar-refractivity contribution in [1.29, 1.82) is 0 Å². The first-order valence-corrected chi connectivity index (χ1v) is 8.29. The molecule has 20 heavy (non-hydrogen) atoms. The molecule has 1 fully saturated rings. The molecular weight excluding hydrogens is 300 g/mol. The van der Waals surface area contributed by atoms with Crippen molar-refractivity contribution >= 4 is 21.6 Å². The number of hydrogen-bond acceptors (Lipinski definition) is 4. The molecule has 0 aromatic heterocycles. The Kier molecular flexibility index (Phi) is 4.59. The van der Waals surface area contributed by atoms with Crippen molar-refractivity contribution in [3.63, 3.8) is 0 Å². The van der Waals surface area contributed by atoms with Crippen molar-refractivity contribution in [2.45, 2.75) is 36.7 Å². The van der Waals surface area contributed by atoms with Gasteiger partial charge >= 0.3 is 0 Å². The van der Waals surface area contributed by atoms with Gasteiger partial charge in [-0.1, -0.05) is 11.6 Å². The molecule has 112 valence electrons. The summed E-state index contributed by atoms with van der Waals surface area (Å²) in [4.78, 5) is 0.186. The highest BCUT2D eigenvalue weighted by Gasteiger charge is 2.33. The number of rotatable bonds is 3. The first-order valence-electron chi connectivity index (χ1n) is 6.47. The second-order valence-corrected chi connectivity index (χ2v) is 7.34. The maximum atomic E-state index is 12.6. The number of ether oxygens (including phenoxy) is 1. The first-order chi connectivity index (χ1) is 9.36. The Labute approximate surface area is 124 Å². The number of hydrogen-bond donors (Lipinski definition) is 1. The van der Waals surface area contributed by atoms with Crippen LogP contribution in [0.4, 0.5) is 0 Å². The molecule has 1 aliphatic rings. The third kappa shape index (κ3) is 2.93. The molecule has 0 bridgehead atoms. The minimum Gasteiger partial charge on any atom is -0.495 e. The molecule has 1 heterocycles. The van der Waals surface area contributed by atoms with Gasteiger partial charge in [0, 0.05) is 18.6 Å². The van der Waals surface area contributed by atoms with Gasteiger partial charge in [-0.2, -0.15) is 4.31 Å². The highest BCUT2D eigenvalue weighted by molar-refractivity contribution is 7.89. The molecule has 0 aliphatic carbocycles. The molecule has 0 unspecified atom stereocenters. The molecule has 0 radical (unpaired) electrons. The molecule has 1 aliphatic heterocycles. The van der Waals surface area contributed by atoms with Gasteiger partial charge in [0.15, 0.2) is 0 Å². The van der Waals surface area contributed by atoms with Crippen LogP contribution in [0.25, 0.3) is 0 Å². The summed E-state index contributed by atoms with van der Waals surface area (Å²) in [6.07, 6.45) is 1.34. The number of piperidine rings is 1. The summed E-state index contributed by atoms with van der Waals surface area (Å²) in [6, 6.07) is 4.47. The second kappa shape index (κ2) is 5.89. The van der Waals surface area contributed by atoms with E-state index in [1.165, 1.54) is 23.5 Å². The molecule has 1 aromatic rings. The van der Waals surface area contributed by atoms with Crippen LogP contribution >= 0.6 is 11.6 Å². The summed E-state index contributed by atoms with van der Waals surface area (Å²) in [5.74, 6) is 0.458. The number of benzene rings is 1. The number of halogens is 1. The standard InChI is InChI=1S/C13H19ClN2O3S/c1-9-7-10(15)5-6-16(9)20(17,18)11-3-4-13(19-2)12(14)8-11/h3-4,8-10H,5-7,15H2,1-2H3/t9-,10+/m0/s1. The van der Waals surface area contributed by atoms with Gasteiger partial charge in [-0.25, -0.2) is 8.42 Å². The fourth-order valence-electron chi connectivity index (χ4n) is 2.49. The number of nitrogens with zero attached hydrogens (tertiary/aromatic N) is 1. The van der Waals surface area contributed by atoms with E-state index in [0.29, 0.717) is 25.1 Å². The molecule has 1 saturated heterocycles. The van der Waals surface area contributed by atoms with E-state index in [1.54, 1.807) is 6.07 Å². The quantitative estimate of drug-likeness (QED) is 0.923. The van der Waals surface area contributed by atoms with Crippen LogP contribution in [0, 0.1) is 0 Å². The average Bonchev–Trinajstić information content (AvgIpc) is 2.38. The van der Waals surface area contributed by atoms with Crippen LogP contribution in [0.5, 0.6) is 5.75 Å². The molecule has 0 amide bonds. The van der Waals surface area contributed by atoms with Crippen molar-refractivity contribution in [3.8, 4) is 5.75 Å². The molecule has 2 N–H and O–H groups in total. The molecule has 0 saturated carbocycles. The fourth-order valence-corrected chi connectivity index (χ4v) is 4.49. The topological polar surface area (TPSA) is 72.6 Å². The lowest BCUT2D eigenvalue weighted by Crippen LogP contribution is -2.48. The first kappa shape index (κ1) is 15.6. The highest BCUT2D eigenvalue weighted by atomic mass is 35.5. The van der Waals surface area contributed by atoms with Crippen molar-refractivity contribution in [1.82, 2.24) is 4.31 Å². The van der Waals surface area contributed by atoms with Gasteiger partial charge in [0.2, 0.25) is 10.0 Å². The summed E-state index contributed by atoms with van der Waals surface area (Å²) in [5.41, 5.74) is 5.87. The van der Waals surface area contributed by atoms with Gasteiger partial charge in [-0.05, 0) is 38.0 Å². The zero-order valence-electron chi connectivity index (χ0n) is 11.5. The SMILES string of the molecule is COc1ccc(S(=O)(=O)N2CC[C@@H](N)C[C@@H]2C)cc1Cl. The van der Waals surface area contributed by atoms with E-state index in [9.17, 15) is 8.42 Å². The van der Waals surface area contributed by atoms with Crippen LogP contribution in [-0.2, 0) is 10.0 Å². The van der Waals surface area contributed by atoms with Crippen LogP contribution < -0.4 is 10.5 Å². The van der Waals surface area contributed by atoms with E-state index in [0.717, 1.165) is 0 Å². The third-order valence-corrected chi connectivity index (χ3v) is 5.89. The van der Waals surface area contributed by atoms with E-state index in [4.69, 9.17) is 22.1 Å². The zero-order valence-corrected chi connectivity index (χ0v) is 13.1. The van der Waals surface area contributed by atoms with Crippen LogP contribution in [0.2, 0.25) is 5.02 Å². The van der Waals surface area contributed by atoms with Crippen LogP contribution in [0.3, 0.4) is 0 Å². The smallest absolute Gasteiger partial charge is 0.243 e. The van der Waals surface area contributed by atoms with E-state index < -0.39 is 10.0 Å². The predicted molar refractivity (Wildman–Crippen MR) is 78.6 cm³/mol. The van der Waals surface area contributed by atoms with Gasteiger partial charge in [0.25, 0.3) is 0 Å². The molecule has 2 rings (SSSR count). The molecule has 7 heteroatoms. The largest absolute Gasteiger partial charge is 0.495 e. The number of nitrogens with two attached hydrogens (primary N) is 1. The van der Waals surface area contributed by atoms with E-state index in [2.05, 4.69) is 0 Å². The maximum Gasteiger partial charge on any atom is 0.243 e. The van der Waals surface area contributed by atoms with Crippen LogP contribution in [0.1, 0.15) is 19.8 Å². The van der Waals surface area contributed by atoms with Crippen LogP contribution in [-0.4, -0.2) is 38.5 Å². The maximum absolute atomic E-state index is 12.6. The second-order valence-electron chi connectivity index (χ2n) is 5.05. The summed E-state index contributed by atoms with van der Waals surface area (Å²) < 4.78 is 31.8. The van der Waals surface area contributed by atoms with Gasteiger partial charge in [-0.15, -0.1) is 0 Å². The van der Waals surface area contributed by atoms with Crippen LogP contribution in [0.15, 0.2) is 23.1 Å². The highest BCUT2D eigenvalue weighted by Crippen LogP contribution is 2.30. The molecule has 1 aromatic carbocycles.